The van der Waals surface area contributed by atoms with Crippen molar-refractivity contribution in [3.8, 4) is 0 Å². The van der Waals surface area contributed by atoms with E-state index in [1.54, 1.807) is 18.4 Å². The highest BCUT2D eigenvalue weighted by Crippen LogP contribution is 2.12. The highest BCUT2D eigenvalue weighted by Gasteiger charge is 2.06. The largest absolute Gasteiger partial charge is 0.469 e. The Morgan fingerprint density at radius 3 is 2.65 bits per heavy atom. The maximum Gasteiger partial charge on any atom is 0.269 e. The van der Waals surface area contributed by atoms with E-state index in [2.05, 4.69) is 12.2 Å². The Labute approximate surface area is 117 Å². The van der Waals surface area contributed by atoms with Crippen molar-refractivity contribution in [1.82, 2.24) is 5.32 Å². The second kappa shape index (κ2) is 6.86. The predicted octanol–water partition coefficient (Wildman–Crippen LogP) is 3.30. The van der Waals surface area contributed by atoms with Crippen LogP contribution in [0.15, 0.2) is 47.1 Å². The zero-order valence-corrected chi connectivity index (χ0v) is 11.4. The molecule has 1 unspecified atom stereocenters. The lowest BCUT2D eigenvalue weighted by molar-refractivity contribution is -0.384. The summed E-state index contributed by atoms with van der Waals surface area (Å²) in [6.07, 6.45) is 3.58. The Bertz CT molecular complexity index is 535. The van der Waals surface area contributed by atoms with Gasteiger partial charge in [0.15, 0.2) is 0 Å². The number of nitrogens with zero attached hydrogens (tertiary/aromatic N) is 1. The van der Waals surface area contributed by atoms with E-state index < -0.39 is 0 Å². The third kappa shape index (κ3) is 4.20. The number of nitro benzene ring substituents is 1. The molecule has 0 fully saturated rings. The third-order valence-corrected chi connectivity index (χ3v) is 3.21. The van der Waals surface area contributed by atoms with E-state index in [0.717, 1.165) is 24.2 Å². The van der Waals surface area contributed by atoms with Gasteiger partial charge in [-0.15, -0.1) is 0 Å². The lowest BCUT2D eigenvalue weighted by Gasteiger charge is -2.13. The number of hydrogen-bond donors (Lipinski definition) is 1. The van der Waals surface area contributed by atoms with Crippen molar-refractivity contribution in [2.75, 3.05) is 0 Å². The molecule has 0 aliphatic heterocycles. The fourth-order valence-corrected chi connectivity index (χ4v) is 1.94. The summed E-state index contributed by atoms with van der Waals surface area (Å²) in [5.41, 5.74) is 1.17. The molecule has 1 heterocycles. The molecule has 0 amide bonds. The van der Waals surface area contributed by atoms with Gasteiger partial charge in [-0.3, -0.25) is 10.1 Å². The molecule has 20 heavy (non-hydrogen) atoms. The average Bonchev–Trinajstić information content (AvgIpc) is 2.96. The first-order valence-electron chi connectivity index (χ1n) is 6.64. The van der Waals surface area contributed by atoms with Crippen LogP contribution in [0.1, 0.15) is 24.7 Å². The third-order valence-electron chi connectivity index (χ3n) is 3.21. The summed E-state index contributed by atoms with van der Waals surface area (Å²) in [5, 5.41) is 14.0. The van der Waals surface area contributed by atoms with Gasteiger partial charge in [0.1, 0.15) is 5.76 Å². The van der Waals surface area contributed by atoms with Crippen molar-refractivity contribution >= 4 is 5.69 Å². The maximum absolute atomic E-state index is 10.6. The van der Waals surface area contributed by atoms with Crippen LogP contribution in [0.4, 0.5) is 5.69 Å². The SMILES string of the molecule is CC(CCc1ccco1)NCc1ccc([N+](=O)[O-])cc1. The smallest absolute Gasteiger partial charge is 0.269 e. The van der Waals surface area contributed by atoms with Gasteiger partial charge < -0.3 is 9.73 Å². The van der Waals surface area contributed by atoms with E-state index in [1.165, 1.54) is 12.1 Å². The molecular formula is C15H18N2O3. The van der Waals surface area contributed by atoms with E-state index in [1.807, 2.05) is 12.1 Å². The van der Waals surface area contributed by atoms with Crippen LogP contribution in [0.5, 0.6) is 0 Å². The Balaban J connectivity index is 1.75. The number of hydrogen-bond acceptors (Lipinski definition) is 4. The van der Waals surface area contributed by atoms with E-state index in [9.17, 15) is 10.1 Å². The number of nitrogens with one attached hydrogen (secondary N) is 1. The fraction of sp³-hybridized carbons (Fsp3) is 0.333. The minimum absolute atomic E-state index is 0.125. The standard InChI is InChI=1S/C15H18N2O3/c1-12(4-9-15-3-2-10-20-15)16-11-13-5-7-14(8-6-13)17(18)19/h2-3,5-8,10,12,16H,4,9,11H2,1H3. The molecule has 0 bridgehead atoms. The van der Waals surface area contributed by atoms with Gasteiger partial charge in [0, 0.05) is 31.1 Å². The number of benzene rings is 1. The van der Waals surface area contributed by atoms with Crippen LogP contribution in [0.25, 0.3) is 0 Å². The van der Waals surface area contributed by atoms with Crippen molar-refractivity contribution in [1.29, 1.82) is 0 Å². The van der Waals surface area contributed by atoms with Gasteiger partial charge in [-0.05, 0) is 31.0 Å². The van der Waals surface area contributed by atoms with Gasteiger partial charge in [-0.2, -0.15) is 0 Å². The molecule has 106 valence electrons. The Kier molecular flexibility index (Phi) is 4.90. The first-order valence-corrected chi connectivity index (χ1v) is 6.64. The monoisotopic (exact) mass is 274 g/mol. The Morgan fingerprint density at radius 1 is 1.30 bits per heavy atom. The van der Waals surface area contributed by atoms with Gasteiger partial charge in [0.25, 0.3) is 5.69 Å². The molecule has 2 rings (SSSR count). The lowest BCUT2D eigenvalue weighted by Crippen LogP contribution is -2.25. The van der Waals surface area contributed by atoms with Crippen LogP contribution in [0.3, 0.4) is 0 Å². The van der Waals surface area contributed by atoms with E-state index in [4.69, 9.17) is 4.42 Å². The van der Waals surface area contributed by atoms with Crippen molar-refractivity contribution in [3.63, 3.8) is 0 Å². The van der Waals surface area contributed by atoms with Crippen LogP contribution < -0.4 is 5.32 Å². The zero-order chi connectivity index (χ0) is 14.4. The number of non-ortho nitro benzene ring substituents is 1. The number of furan rings is 1. The minimum atomic E-state index is -0.386. The molecule has 1 aromatic carbocycles. The molecule has 2 aromatic rings. The summed E-state index contributed by atoms with van der Waals surface area (Å²) in [4.78, 5) is 10.2. The molecule has 5 heteroatoms. The summed E-state index contributed by atoms with van der Waals surface area (Å²) in [6, 6.07) is 10.9. The normalized spacial score (nSPS) is 12.2. The molecule has 0 radical (unpaired) electrons. The van der Waals surface area contributed by atoms with Gasteiger partial charge >= 0.3 is 0 Å². The van der Waals surface area contributed by atoms with Crippen LogP contribution in [-0.4, -0.2) is 11.0 Å². The van der Waals surface area contributed by atoms with Crippen LogP contribution in [0.2, 0.25) is 0 Å². The molecule has 1 N–H and O–H groups in total. The van der Waals surface area contributed by atoms with Crippen molar-refractivity contribution in [3.05, 3.63) is 64.1 Å². The summed E-state index contributed by atoms with van der Waals surface area (Å²) >= 11 is 0. The van der Waals surface area contributed by atoms with Crippen LogP contribution >= 0.6 is 0 Å². The van der Waals surface area contributed by atoms with Gasteiger partial charge in [0.05, 0.1) is 11.2 Å². The van der Waals surface area contributed by atoms with Crippen molar-refractivity contribution < 1.29 is 9.34 Å². The molecule has 0 saturated carbocycles. The molecule has 1 aromatic heterocycles. The van der Waals surface area contributed by atoms with Gasteiger partial charge in [-0.25, -0.2) is 0 Å². The van der Waals surface area contributed by atoms with Crippen LogP contribution in [0, 0.1) is 10.1 Å². The second-order valence-electron chi connectivity index (χ2n) is 4.82. The first kappa shape index (κ1) is 14.3. The number of nitro groups is 1. The highest BCUT2D eigenvalue weighted by atomic mass is 16.6. The Hall–Kier alpha value is -2.14. The van der Waals surface area contributed by atoms with Gasteiger partial charge in [-0.1, -0.05) is 12.1 Å². The van der Waals surface area contributed by atoms with Crippen LogP contribution in [-0.2, 0) is 13.0 Å². The summed E-state index contributed by atoms with van der Waals surface area (Å²) < 4.78 is 5.29. The van der Waals surface area contributed by atoms with Crippen molar-refractivity contribution in [2.45, 2.75) is 32.4 Å². The second-order valence-corrected chi connectivity index (χ2v) is 4.82. The van der Waals surface area contributed by atoms with Gasteiger partial charge in [0.2, 0.25) is 0 Å². The Morgan fingerprint density at radius 2 is 2.05 bits per heavy atom. The van der Waals surface area contributed by atoms with Crippen molar-refractivity contribution in [2.24, 2.45) is 0 Å². The minimum Gasteiger partial charge on any atom is -0.469 e. The van der Waals surface area contributed by atoms with E-state index in [0.29, 0.717) is 12.6 Å². The quantitative estimate of drug-likeness (QED) is 0.621. The average molecular weight is 274 g/mol. The first-order chi connectivity index (χ1) is 9.65. The topological polar surface area (TPSA) is 68.3 Å². The zero-order valence-electron chi connectivity index (χ0n) is 11.4. The predicted molar refractivity (Wildman–Crippen MR) is 76.4 cm³/mol. The molecule has 5 nitrogen and oxygen atoms in total. The summed E-state index contributed by atoms with van der Waals surface area (Å²) in [7, 11) is 0. The summed E-state index contributed by atoms with van der Waals surface area (Å²) in [6.45, 7) is 2.83. The molecular weight excluding hydrogens is 256 g/mol. The fourth-order valence-electron chi connectivity index (χ4n) is 1.94. The summed E-state index contributed by atoms with van der Waals surface area (Å²) in [5.74, 6) is 0.994. The molecule has 0 aliphatic rings. The van der Waals surface area contributed by atoms with E-state index >= 15 is 0 Å². The molecule has 1 atom stereocenters. The van der Waals surface area contributed by atoms with E-state index in [-0.39, 0.29) is 10.6 Å². The molecule has 0 spiro atoms. The molecule has 0 saturated heterocycles. The maximum atomic E-state index is 10.6. The lowest BCUT2D eigenvalue weighted by atomic mass is 10.1. The number of aryl methyl sites for hydroxylation is 1. The highest BCUT2D eigenvalue weighted by molar-refractivity contribution is 5.32. The molecule has 0 aliphatic carbocycles. The number of rotatable bonds is 7.